The van der Waals surface area contributed by atoms with E-state index in [1.165, 1.54) is 0 Å². The number of rotatable bonds is 6. The standard InChI is InChI=1S/C25H31ClN6O3/c1-29(2)17-12-31(13-17)16-4-5-18-19(6-16)21(7-22-20(26)10-28-30(22)3)32(23(18)33)11-15-8-25(9-15)14-27-24(34)35-25/h4-6,10,15,17,21H,7-9,11-14H2,1-3H3,(H,27,34). The van der Waals surface area contributed by atoms with Crippen LogP contribution in [0, 0.1) is 5.92 Å². The fourth-order valence-electron chi connectivity index (χ4n) is 6.08. The highest BCUT2D eigenvalue weighted by atomic mass is 35.5. The number of amides is 2. The Kier molecular flexibility index (Phi) is 5.27. The summed E-state index contributed by atoms with van der Waals surface area (Å²) in [5, 5.41) is 7.69. The van der Waals surface area contributed by atoms with Crippen molar-refractivity contribution in [1.29, 1.82) is 0 Å². The maximum absolute atomic E-state index is 13.6. The molecule has 3 aliphatic heterocycles. The Morgan fingerprint density at radius 2 is 2.03 bits per heavy atom. The molecule has 35 heavy (non-hydrogen) atoms. The number of halogens is 1. The number of aryl methyl sites for hydroxylation is 1. The highest BCUT2D eigenvalue weighted by Gasteiger charge is 2.52. The Hall–Kier alpha value is -2.78. The summed E-state index contributed by atoms with van der Waals surface area (Å²) in [6.45, 7) is 3.16. The molecule has 186 valence electrons. The van der Waals surface area contributed by atoms with Crippen LogP contribution in [-0.2, 0) is 18.2 Å². The van der Waals surface area contributed by atoms with Gasteiger partial charge in [-0.1, -0.05) is 11.6 Å². The number of hydrogen-bond donors (Lipinski definition) is 1. The summed E-state index contributed by atoms with van der Waals surface area (Å²) in [6.07, 6.45) is 3.47. The van der Waals surface area contributed by atoms with Gasteiger partial charge in [0.25, 0.3) is 5.91 Å². The smallest absolute Gasteiger partial charge is 0.407 e. The molecule has 1 saturated carbocycles. The average molecular weight is 499 g/mol. The topological polar surface area (TPSA) is 82.9 Å². The van der Waals surface area contributed by atoms with Crippen molar-refractivity contribution in [1.82, 2.24) is 24.9 Å². The second-order valence-corrected chi connectivity index (χ2v) is 11.1. The van der Waals surface area contributed by atoms with Gasteiger partial charge in [-0.2, -0.15) is 5.10 Å². The van der Waals surface area contributed by atoms with Crippen LogP contribution in [0.15, 0.2) is 24.4 Å². The number of benzene rings is 1. The van der Waals surface area contributed by atoms with Crippen LogP contribution in [0.5, 0.6) is 0 Å². The van der Waals surface area contributed by atoms with E-state index < -0.39 is 5.60 Å². The molecule has 4 aliphatic rings. The van der Waals surface area contributed by atoms with Crippen LogP contribution in [0.25, 0.3) is 0 Å². The third-order valence-corrected chi connectivity index (χ3v) is 8.57. The lowest BCUT2D eigenvalue weighted by atomic mass is 9.70. The van der Waals surface area contributed by atoms with Crippen LogP contribution < -0.4 is 10.2 Å². The molecule has 1 N–H and O–H groups in total. The minimum absolute atomic E-state index is 0.0621. The molecule has 3 fully saturated rings. The van der Waals surface area contributed by atoms with Crippen LogP contribution in [0.2, 0.25) is 5.02 Å². The number of likely N-dealkylation sites (N-methyl/N-ethyl adjacent to an activating group) is 1. The Morgan fingerprint density at radius 3 is 2.66 bits per heavy atom. The number of nitrogens with one attached hydrogen (secondary N) is 1. The number of carbonyl (C=O) groups excluding carboxylic acids is 2. The SMILES string of the molecule is CN(C)C1CN(c2ccc3c(c2)C(Cc2c(Cl)cnn2C)N(CC2CC4(CNC(=O)O4)C2)C3=O)C1. The van der Waals surface area contributed by atoms with Gasteiger partial charge in [0.1, 0.15) is 5.60 Å². The highest BCUT2D eigenvalue weighted by molar-refractivity contribution is 6.31. The van der Waals surface area contributed by atoms with Crippen molar-refractivity contribution in [3.63, 3.8) is 0 Å². The third-order valence-electron chi connectivity index (χ3n) is 8.26. The molecule has 1 aromatic heterocycles. The van der Waals surface area contributed by atoms with Gasteiger partial charge in [-0.3, -0.25) is 9.48 Å². The van der Waals surface area contributed by atoms with Crippen molar-refractivity contribution >= 4 is 29.3 Å². The largest absolute Gasteiger partial charge is 0.441 e. The molecule has 1 atom stereocenters. The van der Waals surface area contributed by atoms with E-state index in [0.717, 1.165) is 48.4 Å². The second-order valence-electron chi connectivity index (χ2n) is 10.7. The molecule has 6 rings (SSSR count). The summed E-state index contributed by atoms with van der Waals surface area (Å²) in [4.78, 5) is 31.8. The molecular formula is C25H31ClN6O3. The summed E-state index contributed by atoms with van der Waals surface area (Å²) < 4.78 is 7.30. The van der Waals surface area contributed by atoms with E-state index in [0.29, 0.717) is 36.5 Å². The van der Waals surface area contributed by atoms with Crippen molar-refractivity contribution in [2.75, 3.05) is 45.2 Å². The summed E-state index contributed by atoms with van der Waals surface area (Å²) in [5.74, 6) is 0.355. The molecule has 1 spiro atoms. The molecule has 0 radical (unpaired) electrons. The van der Waals surface area contributed by atoms with Crippen molar-refractivity contribution < 1.29 is 14.3 Å². The molecule has 1 aromatic carbocycles. The van der Waals surface area contributed by atoms with Gasteiger partial charge in [0, 0.05) is 50.4 Å². The maximum atomic E-state index is 13.6. The fraction of sp³-hybridized carbons (Fsp3) is 0.560. The number of nitrogens with zero attached hydrogens (tertiary/aromatic N) is 5. The van der Waals surface area contributed by atoms with Gasteiger partial charge in [-0.25, -0.2) is 4.79 Å². The summed E-state index contributed by atoms with van der Waals surface area (Å²) in [5.41, 5.74) is 3.50. The number of ether oxygens (including phenoxy) is 1. The zero-order valence-electron chi connectivity index (χ0n) is 20.3. The summed E-state index contributed by atoms with van der Waals surface area (Å²) in [6, 6.07) is 6.69. The van der Waals surface area contributed by atoms with Crippen molar-refractivity contribution in [2.24, 2.45) is 13.0 Å². The minimum Gasteiger partial charge on any atom is -0.441 e. The molecule has 4 heterocycles. The van der Waals surface area contributed by atoms with Gasteiger partial charge in [0.15, 0.2) is 0 Å². The number of aromatic nitrogens is 2. The Labute approximate surface area is 209 Å². The van der Waals surface area contributed by atoms with E-state index in [-0.39, 0.29) is 18.0 Å². The molecule has 1 aliphatic carbocycles. The Balaban J connectivity index is 1.26. The third kappa shape index (κ3) is 3.76. The summed E-state index contributed by atoms with van der Waals surface area (Å²) in [7, 11) is 6.11. The van der Waals surface area contributed by atoms with Gasteiger partial charge in [0.2, 0.25) is 0 Å². The molecule has 9 nitrogen and oxygen atoms in total. The monoisotopic (exact) mass is 498 g/mol. The summed E-state index contributed by atoms with van der Waals surface area (Å²) >= 11 is 6.48. The zero-order valence-corrected chi connectivity index (χ0v) is 21.1. The predicted octanol–water partition coefficient (Wildman–Crippen LogP) is 2.45. The van der Waals surface area contributed by atoms with Crippen LogP contribution in [-0.4, -0.2) is 83.5 Å². The van der Waals surface area contributed by atoms with Crippen LogP contribution in [0.4, 0.5) is 10.5 Å². The predicted molar refractivity (Wildman–Crippen MR) is 132 cm³/mol. The van der Waals surface area contributed by atoms with E-state index in [2.05, 4.69) is 46.4 Å². The number of fused-ring (bicyclic) bond motifs is 1. The number of carbonyl (C=O) groups is 2. The average Bonchev–Trinajstić information content (AvgIpc) is 3.38. The molecule has 2 aromatic rings. The quantitative estimate of drug-likeness (QED) is 0.658. The van der Waals surface area contributed by atoms with Crippen LogP contribution >= 0.6 is 11.6 Å². The molecule has 0 bridgehead atoms. The van der Waals surface area contributed by atoms with Gasteiger partial charge in [-0.15, -0.1) is 0 Å². The van der Waals surface area contributed by atoms with Crippen molar-refractivity contribution in [3.05, 3.63) is 46.2 Å². The Morgan fingerprint density at radius 1 is 1.26 bits per heavy atom. The molecule has 2 saturated heterocycles. The van der Waals surface area contributed by atoms with Gasteiger partial charge < -0.3 is 24.8 Å². The van der Waals surface area contributed by atoms with Crippen LogP contribution in [0.3, 0.4) is 0 Å². The first-order valence-corrected chi connectivity index (χ1v) is 12.6. The first-order valence-electron chi connectivity index (χ1n) is 12.2. The first-order chi connectivity index (χ1) is 16.7. The maximum Gasteiger partial charge on any atom is 0.407 e. The van der Waals surface area contributed by atoms with E-state index >= 15 is 0 Å². The first kappa shape index (κ1) is 22.7. The van der Waals surface area contributed by atoms with E-state index in [1.807, 2.05) is 18.0 Å². The van der Waals surface area contributed by atoms with E-state index in [4.69, 9.17) is 16.3 Å². The van der Waals surface area contributed by atoms with Crippen LogP contribution in [0.1, 0.15) is 40.5 Å². The van der Waals surface area contributed by atoms with E-state index in [9.17, 15) is 9.59 Å². The molecular weight excluding hydrogens is 468 g/mol. The lowest BCUT2D eigenvalue weighted by Gasteiger charge is -2.45. The number of anilines is 1. The Bertz CT molecular complexity index is 1160. The zero-order chi connectivity index (χ0) is 24.5. The van der Waals surface area contributed by atoms with Gasteiger partial charge in [-0.05, 0) is 56.6 Å². The van der Waals surface area contributed by atoms with Gasteiger partial charge >= 0.3 is 6.09 Å². The van der Waals surface area contributed by atoms with Gasteiger partial charge in [0.05, 0.1) is 29.5 Å². The number of alkyl carbamates (subject to hydrolysis) is 1. The minimum atomic E-state index is -0.397. The molecule has 10 heteroatoms. The van der Waals surface area contributed by atoms with Crippen molar-refractivity contribution in [2.45, 2.75) is 36.9 Å². The van der Waals surface area contributed by atoms with Crippen molar-refractivity contribution in [3.8, 4) is 0 Å². The highest BCUT2D eigenvalue weighted by Crippen LogP contribution is 2.46. The number of hydrogen-bond acceptors (Lipinski definition) is 6. The van der Waals surface area contributed by atoms with E-state index in [1.54, 1.807) is 10.9 Å². The lowest BCUT2D eigenvalue weighted by Crippen LogP contribution is -2.57. The molecule has 1 unspecified atom stereocenters. The fourth-order valence-corrected chi connectivity index (χ4v) is 6.33. The normalized spacial score (nSPS) is 27.8. The lowest BCUT2D eigenvalue weighted by molar-refractivity contribution is -0.0555. The second kappa shape index (κ2) is 8.13. The molecule has 2 amide bonds.